The summed E-state index contributed by atoms with van der Waals surface area (Å²) in [6.07, 6.45) is 1.92. The van der Waals surface area contributed by atoms with Gasteiger partial charge in [-0.1, -0.05) is 0 Å². The number of nitrogens with zero attached hydrogens (tertiary/aromatic N) is 4. The first-order valence-corrected chi connectivity index (χ1v) is 5.66. The molecule has 1 unspecified atom stereocenters. The number of carbonyl (C=O) groups excluding carboxylic acids is 1. The third-order valence-electron chi connectivity index (χ3n) is 3.08. The number of nitrogens with two attached hydrogens (primary N) is 2. The first-order valence-electron chi connectivity index (χ1n) is 5.66. The van der Waals surface area contributed by atoms with E-state index in [1.54, 1.807) is 0 Å². The number of amides is 1. The molecule has 1 fully saturated rings. The summed E-state index contributed by atoms with van der Waals surface area (Å²) >= 11 is 0. The Bertz CT molecular complexity index is 607. The molecule has 94 valence electrons. The van der Waals surface area contributed by atoms with Gasteiger partial charge in [0.05, 0.1) is 6.33 Å². The molecule has 1 aliphatic heterocycles. The van der Waals surface area contributed by atoms with Crippen molar-refractivity contribution in [2.45, 2.75) is 6.42 Å². The molecule has 0 saturated carbocycles. The number of hydrogen-bond donors (Lipinski definition) is 3. The lowest BCUT2D eigenvalue weighted by Gasteiger charge is -2.14. The molecule has 1 saturated heterocycles. The number of imidazole rings is 1. The maximum Gasteiger partial charge on any atom is 0.236 e. The van der Waals surface area contributed by atoms with Crippen molar-refractivity contribution in [2.24, 2.45) is 11.7 Å². The number of nitrogens with one attached hydrogen (secondary N) is 1. The standard InChI is InChI=1S/C10H13N7O/c11-2-5-1-6(18)17(3-5)10-15-8(12)7-9(16-10)14-4-13-7/h4-5H,1-3,11H2,(H3,12,13,14,15,16). The fourth-order valence-electron chi connectivity index (χ4n) is 2.10. The van der Waals surface area contributed by atoms with Crippen LogP contribution in [0.25, 0.3) is 11.2 Å². The van der Waals surface area contributed by atoms with Crippen LogP contribution in [0.3, 0.4) is 0 Å². The molecule has 1 aliphatic rings. The maximum atomic E-state index is 11.9. The van der Waals surface area contributed by atoms with E-state index in [2.05, 4.69) is 19.9 Å². The zero-order valence-corrected chi connectivity index (χ0v) is 9.63. The number of carbonyl (C=O) groups is 1. The quantitative estimate of drug-likeness (QED) is 0.640. The van der Waals surface area contributed by atoms with E-state index in [1.165, 1.54) is 11.2 Å². The van der Waals surface area contributed by atoms with Gasteiger partial charge in [-0.15, -0.1) is 0 Å². The fourth-order valence-corrected chi connectivity index (χ4v) is 2.10. The van der Waals surface area contributed by atoms with Gasteiger partial charge >= 0.3 is 0 Å². The van der Waals surface area contributed by atoms with Crippen molar-refractivity contribution in [3.05, 3.63) is 6.33 Å². The third-order valence-corrected chi connectivity index (χ3v) is 3.08. The predicted molar refractivity (Wildman–Crippen MR) is 65.6 cm³/mol. The Morgan fingerprint density at radius 1 is 1.50 bits per heavy atom. The fraction of sp³-hybridized carbons (Fsp3) is 0.400. The molecule has 1 atom stereocenters. The van der Waals surface area contributed by atoms with Crippen LogP contribution in [-0.2, 0) is 4.79 Å². The average molecular weight is 247 g/mol. The molecule has 3 rings (SSSR count). The van der Waals surface area contributed by atoms with E-state index in [0.29, 0.717) is 36.6 Å². The molecular formula is C10H13N7O. The minimum absolute atomic E-state index is 0.0280. The lowest BCUT2D eigenvalue weighted by atomic mass is 10.1. The summed E-state index contributed by atoms with van der Waals surface area (Å²) in [4.78, 5) is 28.6. The zero-order chi connectivity index (χ0) is 12.7. The van der Waals surface area contributed by atoms with Crippen molar-refractivity contribution < 1.29 is 4.79 Å². The molecule has 5 N–H and O–H groups in total. The van der Waals surface area contributed by atoms with Gasteiger partial charge in [-0.25, -0.2) is 4.98 Å². The zero-order valence-electron chi connectivity index (χ0n) is 9.63. The molecule has 1 amide bonds. The van der Waals surface area contributed by atoms with Crippen LogP contribution in [0.4, 0.5) is 11.8 Å². The second kappa shape index (κ2) is 3.91. The number of anilines is 2. The Kier molecular flexibility index (Phi) is 2.37. The van der Waals surface area contributed by atoms with Crippen LogP contribution in [0.2, 0.25) is 0 Å². The lowest BCUT2D eigenvalue weighted by molar-refractivity contribution is -0.117. The van der Waals surface area contributed by atoms with E-state index in [4.69, 9.17) is 11.5 Å². The highest BCUT2D eigenvalue weighted by molar-refractivity contribution is 5.95. The van der Waals surface area contributed by atoms with Crippen molar-refractivity contribution in [1.82, 2.24) is 19.9 Å². The number of H-pyrrole nitrogens is 1. The summed E-state index contributed by atoms with van der Waals surface area (Å²) in [7, 11) is 0. The second-order valence-electron chi connectivity index (χ2n) is 4.32. The van der Waals surface area contributed by atoms with E-state index in [-0.39, 0.29) is 17.6 Å². The smallest absolute Gasteiger partial charge is 0.236 e. The van der Waals surface area contributed by atoms with Gasteiger partial charge in [0.25, 0.3) is 0 Å². The van der Waals surface area contributed by atoms with Gasteiger partial charge < -0.3 is 16.5 Å². The Labute approximate surface area is 102 Å². The summed E-state index contributed by atoms with van der Waals surface area (Å²) in [5.41, 5.74) is 12.4. The third kappa shape index (κ3) is 1.58. The van der Waals surface area contributed by atoms with Crippen LogP contribution < -0.4 is 16.4 Å². The van der Waals surface area contributed by atoms with Crippen molar-refractivity contribution in [2.75, 3.05) is 23.7 Å². The summed E-state index contributed by atoms with van der Waals surface area (Å²) < 4.78 is 0. The second-order valence-corrected chi connectivity index (χ2v) is 4.32. The highest BCUT2D eigenvalue weighted by Crippen LogP contribution is 2.24. The molecule has 18 heavy (non-hydrogen) atoms. The molecule has 0 spiro atoms. The molecule has 8 heteroatoms. The predicted octanol–water partition coefficient (Wildman–Crippen LogP) is -0.753. The van der Waals surface area contributed by atoms with E-state index < -0.39 is 0 Å². The Hall–Kier alpha value is -2.22. The normalized spacial score (nSPS) is 19.9. The van der Waals surface area contributed by atoms with Crippen molar-refractivity contribution >= 4 is 28.8 Å². The number of rotatable bonds is 2. The first-order chi connectivity index (χ1) is 8.69. The summed E-state index contributed by atoms with van der Waals surface area (Å²) in [6, 6.07) is 0. The number of hydrogen-bond acceptors (Lipinski definition) is 6. The average Bonchev–Trinajstić information content (AvgIpc) is 2.95. The molecule has 2 aromatic rings. The first kappa shape index (κ1) is 10.9. The van der Waals surface area contributed by atoms with Gasteiger partial charge in [-0.3, -0.25) is 9.69 Å². The highest BCUT2D eigenvalue weighted by Gasteiger charge is 2.31. The van der Waals surface area contributed by atoms with E-state index in [9.17, 15) is 4.79 Å². The molecular weight excluding hydrogens is 234 g/mol. The lowest BCUT2D eigenvalue weighted by Crippen LogP contribution is -2.28. The van der Waals surface area contributed by atoms with Crippen LogP contribution in [0, 0.1) is 5.92 Å². The van der Waals surface area contributed by atoms with E-state index >= 15 is 0 Å². The van der Waals surface area contributed by atoms with E-state index in [1.807, 2.05) is 0 Å². The minimum atomic E-state index is -0.0280. The van der Waals surface area contributed by atoms with Crippen molar-refractivity contribution in [3.8, 4) is 0 Å². The topological polar surface area (TPSA) is 127 Å². The van der Waals surface area contributed by atoms with Crippen LogP contribution in [-0.4, -0.2) is 38.9 Å². The maximum absolute atomic E-state index is 11.9. The Morgan fingerprint density at radius 3 is 3.06 bits per heavy atom. The van der Waals surface area contributed by atoms with Gasteiger partial charge in [0.2, 0.25) is 11.9 Å². The van der Waals surface area contributed by atoms with Gasteiger partial charge in [0.1, 0.15) is 5.52 Å². The van der Waals surface area contributed by atoms with Crippen LogP contribution in [0.1, 0.15) is 6.42 Å². The van der Waals surface area contributed by atoms with Crippen molar-refractivity contribution in [3.63, 3.8) is 0 Å². The molecule has 2 aromatic heterocycles. The van der Waals surface area contributed by atoms with Crippen LogP contribution in [0.5, 0.6) is 0 Å². The van der Waals surface area contributed by atoms with Crippen LogP contribution in [0.15, 0.2) is 6.33 Å². The van der Waals surface area contributed by atoms with Gasteiger partial charge in [-0.05, 0) is 12.5 Å². The van der Waals surface area contributed by atoms with Crippen LogP contribution >= 0.6 is 0 Å². The number of aromatic nitrogens is 4. The summed E-state index contributed by atoms with van der Waals surface area (Å²) in [5.74, 6) is 0.710. The molecule has 8 nitrogen and oxygen atoms in total. The molecule has 0 radical (unpaired) electrons. The SMILES string of the molecule is NCC1CC(=O)N(c2nc(N)c3[nH]cnc3n2)C1. The Morgan fingerprint density at radius 2 is 2.33 bits per heavy atom. The summed E-state index contributed by atoms with van der Waals surface area (Å²) in [6.45, 7) is 1.01. The van der Waals surface area contributed by atoms with Gasteiger partial charge in [0, 0.05) is 13.0 Å². The number of aromatic amines is 1. The van der Waals surface area contributed by atoms with E-state index in [0.717, 1.165) is 0 Å². The number of fused-ring (bicyclic) bond motifs is 1. The van der Waals surface area contributed by atoms with Gasteiger partial charge in [0.15, 0.2) is 11.5 Å². The Balaban J connectivity index is 2.01. The molecule has 3 heterocycles. The highest BCUT2D eigenvalue weighted by atomic mass is 16.2. The summed E-state index contributed by atoms with van der Waals surface area (Å²) in [5, 5.41) is 0. The molecule has 0 bridgehead atoms. The minimum Gasteiger partial charge on any atom is -0.382 e. The van der Waals surface area contributed by atoms with Gasteiger partial charge in [-0.2, -0.15) is 9.97 Å². The number of nitrogen functional groups attached to an aromatic ring is 1. The largest absolute Gasteiger partial charge is 0.382 e. The van der Waals surface area contributed by atoms with Crippen molar-refractivity contribution in [1.29, 1.82) is 0 Å². The molecule has 0 aliphatic carbocycles. The molecule has 0 aromatic carbocycles. The monoisotopic (exact) mass is 247 g/mol.